The molecule has 3 aromatic carbocycles. The fraction of sp³-hybridized carbons (Fsp3) is 0.269. The van der Waals surface area contributed by atoms with Gasteiger partial charge in [-0.3, -0.25) is 14.4 Å². The average Bonchev–Trinajstić information content (AvgIpc) is 2.88. The molecule has 1 fully saturated rings. The zero-order chi connectivity index (χ0) is 23.8. The molecule has 0 saturated carbocycles. The van der Waals surface area contributed by atoms with Crippen LogP contribution in [0.3, 0.4) is 0 Å². The third-order valence-corrected chi connectivity index (χ3v) is 7.28. The first kappa shape index (κ1) is 23.8. The maximum atomic E-state index is 12.5. The number of anilines is 2. The Balaban J connectivity index is 1.19. The molecule has 1 heterocycles. The number of rotatable bonds is 9. The van der Waals surface area contributed by atoms with Crippen LogP contribution in [0.2, 0.25) is 0 Å². The van der Waals surface area contributed by atoms with Gasteiger partial charge in [0.15, 0.2) is 0 Å². The molecule has 0 aromatic heterocycles. The van der Waals surface area contributed by atoms with Gasteiger partial charge in [0.05, 0.1) is 4.90 Å². The molecule has 1 saturated heterocycles. The number of benzene rings is 3. The van der Waals surface area contributed by atoms with Gasteiger partial charge in [-0.15, -0.1) is 0 Å². The summed E-state index contributed by atoms with van der Waals surface area (Å²) in [6, 6.07) is 25.1. The molecule has 0 spiro atoms. The molecule has 34 heavy (non-hydrogen) atoms. The number of nitrogens with one attached hydrogen (secondary N) is 2. The van der Waals surface area contributed by atoms with Crippen LogP contribution in [0.1, 0.15) is 16.8 Å². The number of carbonyl (C=O) groups is 1. The van der Waals surface area contributed by atoms with Gasteiger partial charge < -0.3 is 10.2 Å². The second kappa shape index (κ2) is 11.2. The summed E-state index contributed by atoms with van der Waals surface area (Å²) in [4.78, 5) is 17.4. The molecule has 0 unspecified atom stereocenters. The predicted octanol–water partition coefficient (Wildman–Crippen LogP) is 3.43. The van der Waals surface area contributed by atoms with Crippen molar-refractivity contribution in [3.8, 4) is 0 Å². The lowest BCUT2D eigenvalue weighted by Gasteiger charge is -2.36. The summed E-state index contributed by atoms with van der Waals surface area (Å²) >= 11 is 0. The van der Waals surface area contributed by atoms with Gasteiger partial charge in [0.2, 0.25) is 0 Å². The maximum absolute atomic E-state index is 12.5. The molecule has 1 aliphatic heterocycles. The second-order valence-corrected chi connectivity index (χ2v) is 9.95. The van der Waals surface area contributed by atoms with E-state index in [1.54, 1.807) is 24.3 Å². The van der Waals surface area contributed by atoms with Crippen LogP contribution >= 0.6 is 0 Å². The van der Waals surface area contributed by atoms with E-state index in [0.29, 0.717) is 17.8 Å². The summed E-state index contributed by atoms with van der Waals surface area (Å²) in [7, 11) is -3.70. The minimum absolute atomic E-state index is 0.113. The van der Waals surface area contributed by atoms with Crippen molar-refractivity contribution in [2.24, 2.45) is 0 Å². The third kappa shape index (κ3) is 6.36. The first-order chi connectivity index (χ1) is 16.5. The van der Waals surface area contributed by atoms with Crippen molar-refractivity contribution < 1.29 is 13.2 Å². The molecule has 3 aromatic rings. The molecule has 1 amide bonds. The molecule has 178 valence electrons. The Morgan fingerprint density at radius 3 is 2.06 bits per heavy atom. The number of sulfonamides is 1. The van der Waals surface area contributed by atoms with E-state index in [4.69, 9.17) is 0 Å². The van der Waals surface area contributed by atoms with Crippen LogP contribution in [0.15, 0.2) is 89.8 Å². The zero-order valence-electron chi connectivity index (χ0n) is 19.1. The summed E-state index contributed by atoms with van der Waals surface area (Å²) in [6.45, 7) is 5.54. The Bertz CT molecular complexity index is 1160. The molecule has 1 aliphatic rings. The Morgan fingerprint density at radius 2 is 1.41 bits per heavy atom. The van der Waals surface area contributed by atoms with E-state index in [0.717, 1.165) is 39.1 Å². The fourth-order valence-corrected chi connectivity index (χ4v) is 5.04. The van der Waals surface area contributed by atoms with Crippen LogP contribution in [-0.4, -0.2) is 58.5 Å². The third-order valence-electron chi connectivity index (χ3n) is 5.88. The van der Waals surface area contributed by atoms with E-state index in [-0.39, 0.29) is 10.8 Å². The minimum atomic E-state index is -3.70. The van der Waals surface area contributed by atoms with E-state index in [1.807, 2.05) is 12.1 Å². The van der Waals surface area contributed by atoms with Gasteiger partial charge >= 0.3 is 0 Å². The van der Waals surface area contributed by atoms with Crippen LogP contribution in [0.25, 0.3) is 0 Å². The topological polar surface area (TPSA) is 81.8 Å². The average molecular weight is 479 g/mol. The van der Waals surface area contributed by atoms with Crippen LogP contribution < -0.4 is 14.9 Å². The SMILES string of the molecule is O=C(NCCCN1CCN(c2ccccc2)CC1)c1ccc(S(=O)(=O)Nc2ccccc2)cc1. The Kier molecular flexibility index (Phi) is 7.82. The van der Waals surface area contributed by atoms with E-state index in [9.17, 15) is 13.2 Å². The van der Waals surface area contributed by atoms with Gasteiger partial charge in [0, 0.05) is 49.7 Å². The highest BCUT2D eigenvalue weighted by molar-refractivity contribution is 7.92. The van der Waals surface area contributed by atoms with Crippen LogP contribution in [0, 0.1) is 0 Å². The molecular formula is C26H30N4O3S. The molecular weight excluding hydrogens is 448 g/mol. The van der Waals surface area contributed by atoms with Crippen molar-refractivity contribution in [3.63, 3.8) is 0 Å². The zero-order valence-corrected chi connectivity index (χ0v) is 19.9. The number of amides is 1. The van der Waals surface area contributed by atoms with Gasteiger partial charge in [-0.05, 0) is 61.5 Å². The van der Waals surface area contributed by atoms with Crippen molar-refractivity contribution in [3.05, 3.63) is 90.5 Å². The number of hydrogen-bond donors (Lipinski definition) is 2. The second-order valence-electron chi connectivity index (χ2n) is 8.27. The van der Waals surface area contributed by atoms with E-state index >= 15 is 0 Å². The lowest BCUT2D eigenvalue weighted by atomic mass is 10.2. The number of piperazine rings is 1. The van der Waals surface area contributed by atoms with E-state index in [2.05, 4.69) is 44.1 Å². The molecule has 0 aliphatic carbocycles. The summed E-state index contributed by atoms with van der Waals surface area (Å²) < 4.78 is 27.6. The summed E-state index contributed by atoms with van der Waals surface area (Å²) in [5, 5.41) is 2.93. The first-order valence-electron chi connectivity index (χ1n) is 11.5. The van der Waals surface area contributed by atoms with E-state index < -0.39 is 10.0 Å². The van der Waals surface area contributed by atoms with Gasteiger partial charge in [0.25, 0.3) is 15.9 Å². The molecule has 0 bridgehead atoms. The highest BCUT2D eigenvalue weighted by Crippen LogP contribution is 2.17. The summed E-state index contributed by atoms with van der Waals surface area (Å²) in [5.74, 6) is -0.200. The molecule has 2 N–H and O–H groups in total. The minimum Gasteiger partial charge on any atom is -0.369 e. The normalized spacial score (nSPS) is 14.5. The van der Waals surface area contributed by atoms with Crippen molar-refractivity contribution in [2.45, 2.75) is 11.3 Å². The summed E-state index contributed by atoms with van der Waals surface area (Å²) in [6.07, 6.45) is 0.866. The van der Waals surface area contributed by atoms with Crippen molar-refractivity contribution in [1.29, 1.82) is 0 Å². The van der Waals surface area contributed by atoms with Crippen molar-refractivity contribution in [1.82, 2.24) is 10.2 Å². The quantitative estimate of drug-likeness (QED) is 0.461. The highest BCUT2D eigenvalue weighted by atomic mass is 32.2. The standard InChI is InChI=1S/C26H30N4O3S/c31-26(22-12-14-25(15-13-22)34(32,33)28-23-8-3-1-4-9-23)27-16-7-17-29-18-20-30(21-19-29)24-10-5-2-6-11-24/h1-6,8-15,28H,7,16-21H2,(H,27,31). The van der Waals surface area contributed by atoms with Gasteiger partial charge in [-0.2, -0.15) is 0 Å². The Labute approximate surface area is 201 Å². The Hall–Kier alpha value is -3.36. The number of hydrogen-bond acceptors (Lipinski definition) is 5. The van der Waals surface area contributed by atoms with Gasteiger partial charge in [-0.25, -0.2) is 8.42 Å². The molecule has 0 radical (unpaired) electrons. The number of carbonyl (C=O) groups excluding carboxylic acids is 1. The molecule has 8 heteroatoms. The monoisotopic (exact) mass is 478 g/mol. The maximum Gasteiger partial charge on any atom is 0.261 e. The molecule has 7 nitrogen and oxygen atoms in total. The predicted molar refractivity (Wildman–Crippen MR) is 136 cm³/mol. The number of nitrogens with zero attached hydrogens (tertiary/aromatic N) is 2. The fourth-order valence-electron chi connectivity index (χ4n) is 3.98. The largest absolute Gasteiger partial charge is 0.369 e. The van der Waals surface area contributed by atoms with Crippen molar-refractivity contribution in [2.75, 3.05) is 48.9 Å². The molecule has 4 rings (SSSR count). The van der Waals surface area contributed by atoms with Crippen molar-refractivity contribution >= 4 is 27.3 Å². The summed E-state index contributed by atoms with van der Waals surface area (Å²) in [5.41, 5.74) is 2.20. The Morgan fingerprint density at radius 1 is 0.794 bits per heavy atom. The van der Waals surface area contributed by atoms with Crippen LogP contribution in [0.5, 0.6) is 0 Å². The van der Waals surface area contributed by atoms with Crippen LogP contribution in [-0.2, 0) is 10.0 Å². The smallest absolute Gasteiger partial charge is 0.261 e. The lowest BCUT2D eigenvalue weighted by molar-refractivity contribution is 0.0951. The molecule has 0 atom stereocenters. The first-order valence-corrected chi connectivity index (χ1v) is 13.0. The van der Waals surface area contributed by atoms with E-state index in [1.165, 1.54) is 30.0 Å². The van der Waals surface area contributed by atoms with Gasteiger partial charge in [0.1, 0.15) is 0 Å². The van der Waals surface area contributed by atoms with Gasteiger partial charge in [-0.1, -0.05) is 36.4 Å². The highest BCUT2D eigenvalue weighted by Gasteiger charge is 2.17. The van der Waals surface area contributed by atoms with Crippen LogP contribution in [0.4, 0.5) is 11.4 Å². The lowest BCUT2D eigenvalue weighted by Crippen LogP contribution is -2.47. The number of para-hydroxylation sites is 2.